The van der Waals surface area contributed by atoms with Crippen molar-refractivity contribution in [2.45, 2.75) is 31.2 Å². The zero-order chi connectivity index (χ0) is 24.2. The lowest BCUT2D eigenvalue weighted by molar-refractivity contribution is -0.122. The number of hydrogen-bond acceptors (Lipinski definition) is 4. The molecule has 1 aliphatic carbocycles. The van der Waals surface area contributed by atoms with Crippen LogP contribution < -0.4 is 16.4 Å². The van der Waals surface area contributed by atoms with Crippen LogP contribution in [-0.2, 0) is 11.2 Å². The third-order valence-electron chi connectivity index (χ3n) is 6.70. The largest absolute Gasteiger partial charge is 0.354 e. The Morgan fingerprint density at radius 2 is 1.74 bits per heavy atom. The summed E-state index contributed by atoms with van der Waals surface area (Å²) in [5, 5.41) is 8.24. The molecule has 2 atom stereocenters. The van der Waals surface area contributed by atoms with Gasteiger partial charge in [-0.25, -0.2) is 0 Å². The Labute approximate surface area is 204 Å². The lowest BCUT2D eigenvalue weighted by Gasteiger charge is -2.27. The van der Waals surface area contributed by atoms with Crippen LogP contribution in [0.3, 0.4) is 0 Å². The van der Waals surface area contributed by atoms with E-state index in [4.69, 9.17) is 5.73 Å². The fourth-order valence-electron chi connectivity index (χ4n) is 4.85. The molecule has 6 heteroatoms. The number of aryl methyl sites for hydroxylation is 1. The topological polar surface area (TPSA) is 97.1 Å². The maximum absolute atomic E-state index is 13.2. The first-order valence-corrected chi connectivity index (χ1v) is 12.0. The summed E-state index contributed by atoms with van der Waals surface area (Å²) in [6, 6.07) is 22.8. The van der Waals surface area contributed by atoms with Gasteiger partial charge < -0.3 is 16.4 Å². The van der Waals surface area contributed by atoms with Crippen LogP contribution in [0.15, 0.2) is 85.2 Å². The Morgan fingerprint density at radius 1 is 0.971 bits per heavy atom. The van der Waals surface area contributed by atoms with Gasteiger partial charge in [-0.1, -0.05) is 48.5 Å². The van der Waals surface area contributed by atoms with Gasteiger partial charge in [0.2, 0.25) is 5.91 Å². The number of nitrogens with two attached hydrogens (primary N) is 1. The molecule has 0 radical (unpaired) electrons. The average Bonchev–Trinajstić information content (AvgIpc) is 2.91. The minimum atomic E-state index is -0.369. The second kappa shape index (κ2) is 10.1. The van der Waals surface area contributed by atoms with E-state index >= 15 is 0 Å². The number of carbonyl (C=O) groups excluding carboxylic acids is 2. The van der Waals surface area contributed by atoms with E-state index in [1.165, 1.54) is 5.56 Å². The van der Waals surface area contributed by atoms with E-state index in [1.807, 2.05) is 24.3 Å². The molecule has 2 unspecified atom stereocenters. The average molecular weight is 465 g/mol. The van der Waals surface area contributed by atoms with E-state index in [0.717, 1.165) is 41.2 Å². The van der Waals surface area contributed by atoms with Crippen LogP contribution in [0.1, 0.15) is 51.8 Å². The molecule has 1 aliphatic rings. The molecule has 5 rings (SSSR count). The summed E-state index contributed by atoms with van der Waals surface area (Å²) < 4.78 is 0. The van der Waals surface area contributed by atoms with Crippen LogP contribution in [0.25, 0.3) is 10.8 Å². The predicted octanol–water partition coefficient (Wildman–Crippen LogP) is 4.72. The Balaban J connectivity index is 1.23. The van der Waals surface area contributed by atoms with Gasteiger partial charge in [0.1, 0.15) is 0 Å². The van der Waals surface area contributed by atoms with Crippen molar-refractivity contribution in [3.8, 4) is 0 Å². The number of hydrogen-bond donors (Lipinski definition) is 3. The summed E-state index contributed by atoms with van der Waals surface area (Å²) in [7, 11) is 0. The first kappa shape index (κ1) is 22.7. The molecular formula is C29H28N4O2. The second-order valence-electron chi connectivity index (χ2n) is 8.97. The zero-order valence-corrected chi connectivity index (χ0v) is 19.4. The van der Waals surface area contributed by atoms with E-state index in [2.05, 4.69) is 39.9 Å². The number of rotatable bonds is 6. The van der Waals surface area contributed by atoms with Crippen LogP contribution in [0, 0.1) is 0 Å². The Hall–Kier alpha value is -4.03. The number of carbonyl (C=O) groups is 2. The van der Waals surface area contributed by atoms with Crippen molar-refractivity contribution < 1.29 is 9.59 Å². The molecule has 0 spiro atoms. The van der Waals surface area contributed by atoms with Crippen molar-refractivity contribution in [1.82, 2.24) is 10.3 Å². The molecule has 4 N–H and O–H groups in total. The third-order valence-corrected chi connectivity index (χ3v) is 6.70. The fourth-order valence-corrected chi connectivity index (χ4v) is 4.85. The monoisotopic (exact) mass is 464 g/mol. The van der Waals surface area contributed by atoms with Crippen molar-refractivity contribution in [2.75, 3.05) is 11.9 Å². The van der Waals surface area contributed by atoms with E-state index in [1.54, 1.807) is 36.7 Å². The minimum absolute atomic E-state index is 0.0195. The van der Waals surface area contributed by atoms with Crippen molar-refractivity contribution in [2.24, 2.45) is 5.73 Å². The van der Waals surface area contributed by atoms with Gasteiger partial charge in [0.05, 0.1) is 5.92 Å². The highest BCUT2D eigenvalue weighted by atomic mass is 16.2. The molecule has 0 saturated heterocycles. The van der Waals surface area contributed by atoms with Gasteiger partial charge in [-0.3, -0.25) is 14.6 Å². The number of fused-ring (bicyclic) bond motifs is 3. The maximum Gasteiger partial charge on any atom is 0.255 e. The van der Waals surface area contributed by atoms with Gasteiger partial charge in [0.15, 0.2) is 0 Å². The maximum atomic E-state index is 13.2. The molecule has 3 aromatic carbocycles. The zero-order valence-electron chi connectivity index (χ0n) is 19.4. The van der Waals surface area contributed by atoms with Crippen molar-refractivity contribution in [1.29, 1.82) is 0 Å². The van der Waals surface area contributed by atoms with Crippen LogP contribution in [0.2, 0.25) is 0 Å². The first-order valence-electron chi connectivity index (χ1n) is 12.0. The Morgan fingerprint density at radius 3 is 2.54 bits per heavy atom. The fraction of sp³-hybridized carbons (Fsp3) is 0.207. The minimum Gasteiger partial charge on any atom is -0.354 e. The molecule has 0 aliphatic heterocycles. The van der Waals surface area contributed by atoms with Crippen LogP contribution >= 0.6 is 0 Å². The predicted molar refractivity (Wildman–Crippen MR) is 138 cm³/mol. The highest BCUT2D eigenvalue weighted by molar-refractivity contribution is 6.04. The van der Waals surface area contributed by atoms with Gasteiger partial charge in [-0.15, -0.1) is 0 Å². The second-order valence-corrected chi connectivity index (χ2v) is 8.97. The van der Waals surface area contributed by atoms with Gasteiger partial charge >= 0.3 is 0 Å². The smallest absolute Gasteiger partial charge is 0.255 e. The molecule has 0 bridgehead atoms. The van der Waals surface area contributed by atoms with Gasteiger partial charge in [0.25, 0.3) is 5.91 Å². The van der Waals surface area contributed by atoms with E-state index in [9.17, 15) is 9.59 Å². The molecular weight excluding hydrogens is 436 g/mol. The molecule has 2 amide bonds. The van der Waals surface area contributed by atoms with Crippen LogP contribution in [0.4, 0.5) is 5.69 Å². The number of nitrogens with zero attached hydrogens (tertiary/aromatic N) is 1. The van der Waals surface area contributed by atoms with Crippen molar-refractivity contribution >= 4 is 28.3 Å². The van der Waals surface area contributed by atoms with E-state index in [-0.39, 0.29) is 23.8 Å². The summed E-state index contributed by atoms with van der Waals surface area (Å²) in [5.41, 5.74) is 10.9. The quantitative estimate of drug-likeness (QED) is 0.385. The van der Waals surface area contributed by atoms with Gasteiger partial charge in [-0.2, -0.15) is 0 Å². The van der Waals surface area contributed by atoms with Crippen LogP contribution in [-0.4, -0.2) is 23.3 Å². The Bertz CT molecular complexity index is 1350. The van der Waals surface area contributed by atoms with Crippen molar-refractivity contribution in [3.63, 3.8) is 0 Å². The molecule has 4 aromatic rings. The van der Waals surface area contributed by atoms with Crippen LogP contribution in [0.5, 0.6) is 0 Å². The normalized spacial score (nSPS) is 15.7. The summed E-state index contributed by atoms with van der Waals surface area (Å²) in [6.45, 7) is 0.331. The van der Waals surface area contributed by atoms with Crippen molar-refractivity contribution in [3.05, 3.63) is 107 Å². The molecule has 1 aromatic heterocycles. The van der Waals surface area contributed by atoms with Gasteiger partial charge in [0, 0.05) is 36.2 Å². The lowest BCUT2D eigenvalue weighted by atomic mass is 9.79. The Kier molecular flexibility index (Phi) is 6.55. The number of aromatic nitrogens is 1. The van der Waals surface area contributed by atoms with E-state index in [0.29, 0.717) is 17.8 Å². The molecule has 35 heavy (non-hydrogen) atoms. The number of anilines is 1. The summed E-state index contributed by atoms with van der Waals surface area (Å²) >= 11 is 0. The van der Waals surface area contributed by atoms with Gasteiger partial charge in [-0.05, 0) is 71.0 Å². The molecule has 0 saturated carbocycles. The molecule has 0 fully saturated rings. The number of nitrogens with one attached hydrogen (secondary N) is 2. The number of pyridine rings is 1. The number of benzene rings is 3. The third kappa shape index (κ3) is 4.93. The molecule has 176 valence electrons. The standard InChI is InChI=1S/C29H28N4O2/c30-26(20-9-12-22(13-10-20)28(34)33-23-14-16-31-17-15-23)18-32-29(35)25-7-3-5-21-11-8-19-4-1-2-6-24(19)27(21)25/h1-2,4,6,8-17,25-26H,3,5,7,18,30H2,(H,32,35)(H,31,33,34). The summed E-state index contributed by atoms with van der Waals surface area (Å²) in [5.74, 6) is -0.352. The molecule has 1 heterocycles. The molecule has 6 nitrogen and oxygen atoms in total. The highest BCUT2D eigenvalue weighted by Gasteiger charge is 2.28. The van der Waals surface area contributed by atoms with E-state index < -0.39 is 0 Å². The number of amides is 2. The first-order chi connectivity index (χ1) is 17.1. The SMILES string of the molecule is NC(CNC(=O)C1CCCc2ccc3ccccc3c21)c1ccc(C(=O)Nc2ccncc2)cc1. The summed E-state index contributed by atoms with van der Waals surface area (Å²) in [4.78, 5) is 29.6. The summed E-state index contributed by atoms with van der Waals surface area (Å²) in [6.07, 6.45) is 6.09. The lowest BCUT2D eigenvalue weighted by Crippen LogP contribution is -2.36. The highest BCUT2D eigenvalue weighted by Crippen LogP contribution is 2.37.